The lowest BCUT2D eigenvalue weighted by Crippen LogP contribution is -2.01. The summed E-state index contributed by atoms with van der Waals surface area (Å²) in [6, 6.07) is 5.69. The molecule has 3 heterocycles. The molecular weight excluding hydrogens is 396 g/mol. The molecule has 0 radical (unpaired) electrons. The second-order valence-corrected chi connectivity index (χ2v) is 8.76. The Morgan fingerprint density at radius 3 is 2.83 bits per heavy atom. The highest BCUT2D eigenvalue weighted by atomic mass is 32.1. The van der Waals surface area contributed by atoms with Crippen LogP contribution in [0, 0.1) is 0 Å². The number of ketones is 1. The minimum absolute atomic E-state index is 0.206. The third kappa shape index (κ3) is 2.89. The molecule has 7 heteroatoms. The molecule has 0 spiro atoms. The number of hydrogen-bond acceptors (Lipinski definition) is 7. The zero-order valence-electron chi connectivity index (χ0n) is 16.2. The number of aromatic nitrogens is 4. The van der Waals surface area contributed by atoms with E-state index in [1.165, 1.54) is 23.3 Å². The Morgan fingerprint density at radius 2 is 1.93 bits per heavy atom. The predicted molar refractivity (Wildman–Crippen MR) is 114 cm³/mol. The molecule has 0 N–H and O–H groups in total. The molecule has 0 aliphatic heterocycles. The van der Waals surface area contributed by atoms with Crippen LogP contribution in [-0.2, 0) is 19.3 Å². The summed E-state index contributed by atoms with van der Waals surface area (Å²) in [5, 5.41) is 1.01. The first-order chi connectivity index (χ1) is 14.8. The normalized spacial score (nSPS) is 15.3. The molecule has 3 aromatic heterocycles. The Labute approximate surface area is 177 Å². The van der Waals surface area contributed by atoms with Gasteiger partial charge < -0.3 is 4.74 Å². The van der Waals surface area contributed by atoms with E-state index in [0.717, 1.165) is 40.6 Å². The summed E-state index contributed by atoms with van der Waals surface area (Å²) in [6.45, 7) is 0. The highest BCUT2D eigenvalue weighted by Gasteiger charge is 2.24. The minimum Gasteiger partial charge on any atom is -0.438 e. The van der Waals surface area contributed by atoms with Gasteiger partial charge in [0, 0.05) is 29.3 Å². The quantitative estimate of drug-likeness (QED) is 0.472. The summed E-state index contributed by atoms with van der Waals surface area (Å²) in [7, 11) is 0. The zero-order valence-corrected chi connectivity index (χ0v) is 17.0. The maximum atomic E-state index is 12.0. The maximum Gasteiger partial charge on any atom is 0.231 e. The number of carbonyl (C=O) groups excluding carboxylic acids is 1. The zero-order chi connectivity index (χ0) is 20.1. The van der Waals surface area contributed by atoms with E-state index in [1.54, 1.807) is 29.9 Å². The molecule has 0 bridgehead atoms. The predicted octanol–water partition coefficient (Wildman–Crippen LogP) is 4.95. The number of fused-ring (bicyclic) bond motifs is 4. The molecule has 0 saturated heterocycles. The van der Waals surface area contributed by atoms with Crippen LogP contribution in [0.1, 0.15) is 45.6 Å². The molecule has 0 unspecified atom stereocenters. The van der Waals surface area contributed by atoms with Crippen LogP contribution in [0.3, 0.4) is 0 Å². The monoisotopic (exact) mass is 414 g/mol. The van der Waals surface area contributed by atoms with Gasteiger partial charge in [-0.25, -0.2) is 9.97 Å². The van der Waals surface area contributed by atoms with E-state index in [9.17, 15) is 4.79 Å². The van der Waals surface area contributed by atoms with Gasteiger partial charge in [-0.2, -0.15) is 4.98 Å². The Balaban J connectivity index is 1.51. The van der Waals surface area contributed by atoms with Crippen LogP contribution in [0.5, 0.6) is 11.6 Å². The third-order valence-corrected chi connectivity index (χ3v) is 6.97. The van der Waals surface area contributed by atoms with Crippen LogP contribution < -0.4 is 4.74 Å². The summed E-state index contributed by atoms with van der Waals surface area (Å²) in [4.78, 5) is 32.4. The summed E-state index contributed by atoms with van der Waals surface area (Å²) in [5.74, 6) is 1.98. The molecule has 2 aliphatic rings. The molecule has 0 fully saturated rings. The number of rotatable bonds is 3. The summed E-state index contributed by atoms with van der Waals surface area (Å²) in [5.41, 5.74) is 3.79. The molecule has 4 aromatic rings. The van der Waals surface area contributed by atoms with Gasteiger partial charge in [0.1, 0.15) is 16.3 Å². The SMILES string of the molecule is O=C1CCc2cc(Oc3nc(-c4cnccn4)nc4sc5c(c34)CCCC5)ccc21. The van der Waals surface area contributed by atoms with Crippen molar-refractivity contribution in [3.05, 3.63) is 58.4 Å². The van der Waals surface area contributed by atoms with Crippen LogP contribution in [0.4, 0.5) is 0 Å². The Bertz CT molecular complexity index is 1300. The lowest BCUT2D eigenvalue weighted by atomic mass is 9.97. The van der Waals surface area contributed by atoms with Crippen molar-refractivity contribution in [3.8, 4) is 23.1 Å². The Morgan fingerprint density at radius 1 is 1.00 bits per heavy atom. The van der Waals surface area contributed by atoms with E-state index in [0.29, 0.717) is 29.6 Å². The molecule has 148 valence electrons. The first-order valence-electron chi connectivity index (χ1n) is 10.2. The van der Waals surface area contributed by atoms with Crippen LogP contribution in [-0.4, -0.2) is 25.7 Å². The van der Waals surface area contributed by atoms with Crippen molar-refractivity contribution < 1.29 is 9.53 Å². The third-order valence-electron chi connectivity index (χ3n) is 5.79. The van der Waals surface area contributed by atoms with Crippen LogP contribution in [0.15, 0.2) is 36.8 Å². The lowest BCUT2D eigenvalue weighted by Gasteiger charge is -2.13. The fraction of sp³-hybridized carbons (Fsp3) is 0.261. The molecule has 0 atom stereocenters. The second kappa shape index (κ2) is 6.95. The standard InChI is InChI=1S/C23H18N4O2S/c28-18-8-5-13-11-14(6-7-15(13)18)29-22-20-16-3-1-2-4-19(16)30-23(20)27-21(26-22)17-12-24-9-10-25-17/h6-7,9-12H,1-5,8H2. The van der Waals surface area contributed by atoms with Crippen LogP contribution in [0.25, 0.3) is 21.7 Å². The van der Waals surface area contributed by atoms with Gasteiger partial charge in [-0.15, -0.1) is 11.3 Å². The molecule has 30 heavy (non-hydrogen) atoms. The number of aryl methyl sites for hydroxylation is 3. The number of Topliss-reactive ketones (excluding diaryl/α,β-unsaturated/α-hetero) is 1. The maximum absolute atomic E-state index is 12.0. The van der Waals surface area contributed by atoms with E-state index in [-0.39, 0.29) is 5.78 Å². The molecular formula is C23H18N4O2S. The van der Waals surface area contributed by atoms with Crippen molar-refractivity contribution >= 4 is 27.3 Å². The smallest absolute Gasteiger partial charge is 0.231 e. The number of benzene rings is 1. The van der Waals surface area contributed by atoms with Gasteiger partial charge in [0.25, 0.3) is 0 Å². The lowest BCUT2D eigenvalue weighted by molar-refractivity contribution is 0.0994. The van der Waals surface area contributed by atoms with E-state index >= 15 is 0 Å². The topological polar surface area (TPSA) is 77.9 Å². The number of ether oxygens (including phenoxy) is 1. The van der Waals surface area contributed by atoms with E-state index in [4.69, 9.17) is 14.7 Å². The molecule has 1 aromatic carbocycles. The largest absolute Gasteiger partial charge is 0.438 e. The molecule has 0 saturated carbocycles. The van der Waals surface area contributed by atoms with Crippen molar-refractivity contribution in [1.29, 1.82) is 0 Å². The molecule has 6 rings (SSSR count). The summed E-state index contributed by atoms with van der Waals surface area (Å²) >= 11 is 1.73. The molecule has 6 nitrogen and oxygen atoms in total. The number of thiophene rings is 1. The van der Waals surface area contributed by atoms with Crippen molar-refractivity contribution in [2.75, 3.05) is 0 Å². The minimum atomic E-state index is 0.206. The van der Waals surface area contributed by atoms with Gasteiger partial charge in [0.15, 0.2) is 11.6 Å². The first-order valence-corrected chi connectivity index (χ1v) is 11.0. The first kappa shape index (κ1) is 17.7. The van der Waals surface area contributed by atoms with Crippen molar-refractivity contribution in [2.45, 2.75) is 38.5 Å². The average Bonchev–Trinajstić information content (AvgIpc) is 3.34. The second-order valence-electron chi connectivity index (χ2n) is 7.68. The Hall–Kier alpha value is -3.19. The summed E-state index contributed by atoms with van der Waals surface area (Å²) in [6.07, 6.45) is 10.8. The van der Waals surface area contributed by atoms with Crippen molar-refractivity contribution in [3.63, 3.8) is 0 Å². The highest BCUT2D eigenvalue weighted by molar-refractivity contribution is 7.18. The average molecular weight is 414 g/mol. The van der Waals surface area contributed by atoms with Crippen molar-refractivity contribution in [1.82, 2.24) is 19.9 Å². The van der Waals surface area contributed by atoms with Gasteiger partial charge in [-0.1, -0.05) is 0 Å². The van der Waals surface area contributed by atoms with Crippen molar-refractivity contribution in [2.24, 2.45) is 0 Å². The van der Waals surface area contributed by atoms with Gasteiger partial charge in [0.05, 0.1) is 11.6 Å². The van der Waals surface area contributed by atoms with E-state index < -0.39 is 0 Å². The van der Waals surface area contributed by atoms with Gasteiger partial charge in [0.2, 0.25) is 5.88 Å². The van der Waals surface area contributed by atoms with Crippen LogP contribution in [0.2, 0.25) is 0 Å². The number of nitrogens with zero attached hydrogens (tertiary/aromatic N) is 4. The molecule has 2 aliphatic carbocycles. The number of carbonyl (C=O) groups is 1. The van der Waals surface area contributed by atoms with E-state index in [1.807, 2.05) is 18.2 Å². The number of hydrogen-bond donors (Lipinski definition) is 0. The van der Waals surface area contributed by atoms with Gasteiger partial charge in [-0.05, 0) is 61.4 Å². The van der Waals surface area contributed by atoms with Gasteiger partial charge >= 0.3 is 0 Å². The molecule has 0 amide bonds. The Kier molecular flexibility index (Phi) is 4.09. The van der Waals surface area contributed by atoms with Gasteiger partial charge in [-0.3, -0.25) is 9.78 Å². The van der Waals surface area contributed by atoms with E-state index in [2.05, 4.69) is 9.97 Å². The highest BCUT2D eigenvalue weighted by Crippen LogP contribution is 2.42. The van der Waals surface area contributed by atoms with Crippen LogP contribution >= 0.6 is 11.3 Å². The fourth-order valence-corrected chi connectivity index (χ4v) is 5.59. The fourth-order valence-electron chi connectivity index (χ4n) is 4.33. The summed E-state index contributed by atoms with van der Waals surface area (Å²) < 4.78 is 6.33.